The number of pyridine rings is 1. The van der Waals surface area contributed by atoms with Gasteiger partial charge in [-0.3, -0.25) is 14.6 Å². The lowest BCUT2D eigenvalue weighted by Crippen LogP contribution is -2.31. The molecular weight excluding hydrogens is 584 g/mol. The van der Waals surface area contributed by atoms with E-state index < -0.39 is 43.8 Å². The number of aromatic amines is 1. The number of nitrogens with one attached hydrogen (secondary N) is 2. The fourth-order valence-electron chi connectivity index (χ4n) is 3.91. The van der Waals surface area contributed by atoms with Crippen molar-refractivity contribution in [3.63, 3.8) is 0 Å². The monoisotopic (exact) mass is 605 g/mol. The van der Waals surface area contributed by atoms with Crippen LogP contribution in [0.25, 0.3) is 0 Å². The maximum atomic E-state index is 13.4. The number of hydrogen-bond donors (Lipinski definition) is 4. The van der Waals surface area contributed by atoms with E-state index in [1.165, 1.54) is 35.2 Å². The Labute approximate surface area is 238 Å². The van der Waals surface area contributed by atoms with Crippen molar-refractivity contribution in [3.05, 3.63) is 121 Å². The van der Waals surface area contributed by atoms with E-state index in [4.69, 9.17) is 23.2 Å². The Hall–Kier alpha value is -3.90. The van der Waals surface area contributed by atoms with Gasteiger partial charge in [-0.15, -0.1) is 0 Å². The highest BCUT2D eigenvalue weighted by Crippen LogP contribution is 2.34. The topological polar surface area (TPSA) is 140 Å². The van der Waals surface area contributed by atoms with Gasteiger partial charge >= 0.3 is 0 Å². The van der Waals surface area contributed by atoms with Gasteiger partial charge in [0, 0.05) is 36.8 Å². The highest BCUT2D eigenvalue weighted by molar-refractivity contribution is 7.89. The van der Waals surface area contributed by atoms with Crippen molar-refractivity contribution < 1.29 is 27.8 Å². The zero-order chi connectivity index (χ0) is 29.0. The lowest BCUT2D eigenvalue weighted by Gasteiger charge is -2.23. The molecule has 4 N–H and O–H groups in total. The molecule has 0 aliphatic heterocycles. The molecule has 13 heteroatoms. The largest absolute Gasteiger partial charge is 0.505 e. The molecule has 0 saturated heterocycles. The van der Waals surface area contributed by atoms with E-state index in [0.717, 1.165) is 18.2 Å². The summed E-state index contributed by atoms with van der Waals surface area (Å²) in [4.78, 5) is 28.3. The van der Waals surface area contributed by atoms with Crippen LogP contribution < -0.4 is 10.3 Å². The van der Waals surface area contributed by atoms with Crippen LogP contribution in [-0.4, -0.2) is 34.4 Å². The van der Waals surface area contributed by atoms with E-state index in [-0.39, 0.29) is 35.2 Å². The van der Waals surface area contributed by atoms with Crippen LogP contribution in [0.4, 0.5) is 4.39 Å². The van der Waals surface area contributed by atoms with E-state index >= 15 is 0 Å². The molecule has 0 unspecified atom stereocenters. The summed E-state index contributed by atoms with van der Waals surface area (Å²) >= 11 is 11.7. The Morgan fingerprint density at radius 3 is 2.30 bits per heavy atom. The number of benzene rings is 3. The minimum absolute atomic E-state index is 0.0322. The molecule has 0 aliphatic carbocycles. The van der Waals surface area contributed by atoms with Crippen LogP contribution in [0.1, 0.15) is 27.0 Å². The molecule has 3 aromatic carbocycles. The van der Waals surface area contributed by atoms with Crippen molar-refractivity contribution in [2.75, 3.05) is 0 Å². The second kappa shape index (κ2) is 12.1. The Morgan fingerprint density at radius 2 is 1.60 bits per heavy atom. The van der Waals surface area contributed by atoms with Gasteiger partial charge in [-0.1, -0.05) is 59.6 Å². The number of amides is 1. The first-order chi connectivity index (χ1) is 18.9. The maximum absolute atomic E-state index is 13.4. The molecule has 1 aromatic heterocycles. The number of phenolic OH excluding ortho intramolecular Hbond substituents is 1. The van der Waals surface area contributed by atoms with Gasteiger partial charge in [-0.25, -0.2) is 17.5 Å². The molecule has 1 heterocycles. The van der Waals surface area contributed by atoms with Gasteiger partial charge in [-0.05, 0) is 41.0 Å². The molecule has 40 heavy (non-hydrogen) atoms. The molecule has 0 aliphatic rings. The summed E-state index contributed by atoms with van der Waals surface area (Å²) in [5.74, 6) is -2.11. The summed E-state index contributed by atoms with van der Waals surface area (Å²) in [5, 5.41) is 19.7. The zero-order valence-corrected chi connectivity index (χ0v) is 22.9. The highest BCUT2D eigenvalue weighted by atomic mass is 35.5. The first-order valence-corrected chi connectivity index (χ1v) is 13.9. The Bertz CT molecular complexity index is 1730. The van der Waals surface area contributed by atoms with E-state index in [9.17, 15) is 32.6 Å². The summed E-state index contributed by atoms with van der Waals surface area (Å²) in [6.07, 6.45) is 0. The van der Waals surface area contributed by atoms with Gasteiger partial charge in [-0.2, -0.15) is 0 Å². The summed E-state index contributed by atoms with van der Waals surface area (Å²) in [5.41, 5.74) is 1.07. The van der Waals surface area contributed by atoms with E-state index in [1.807, 2.05) is 0 Å². The number of rotatable bonds is 9. The molecule has 0 fully saturated rings. The molecule has 0 saturated carbocycles. The normalized spacial score (nSPS) is 11.4. The highest BCUT2D eigenvalue weighted by Gasteiger charge is 2.22. The molecule has 4 aromatic rings. The van der Waals surface area contributed by atoms with Crippen LogP contribution in [0.2, 0.25) is 10.0 Å². The van der Waals surface area contributed by atoms with E-state index in [0.29, 0.717) is 16.7 Å². The van der Waals surface area contributed by atoms with Crippen LogP contribution in [0.15, 0.2) is 82.5 Å². The number of aromatic nitrogens is 1. The van der Waals surface area contributed by atoms with Crippen LogP contribution in [0.3, 0.4) is 0 Å². The van der Waals surface area contributed by atoms with Gasteiger partial charge < -0.3 is 15.1 Å². The van der Waals surface area contributed by atoms with Crippen molar-refractivity contribution in [2.24, 2.45) is 0 Å². The summed E-state index contributed by atoms with van der Waals surface area (Å²) < 4.78 is 41.4. The third-order valence-electron chi connectivity index (χ3n) is 5.76. The fourth-order valence-corrected chi connectivity index (χ4v) is 5.68. The number of aromatic hydroxyl groups is 2. The predicted octanol–water partition coefficient (Wildman–Crippen LogP) is 4.55. The molecule has 0 radical (unpaired) electrons. The third kappa shape index (κ3) is 7.19. The third-order valence-corrected chi connectivity index (χ3v) is 7.69. The van der Waals surface area contributed by atoms with Crippen molar-refractivity contribution in [1.29, 1.82) is 0 Å². The molecule has 1 amide bonds. The molecule has 9 nitrogen and oxygen atoms in total. The number of H-pyrrole nitrogens is 1. The standard InChI is InChI=1S/C27H22Cl2FN3O6S/c28-20-11-22(29)26(36)23(12-20)40(38,39)31-13-17-2-1-3-18(8-17)15-33(14-16-4-6-21(30)7-5-16)27(37)19-9-24(34)32-25(35)10-19/h1-12,31,36H,13-15H2,(H2,32,34,35). The molecule has 0 atom stereocenters. The quantitative estimate of drug-likeness (QED) is 0.221. The average Bonchev–Trinajstić information content (AvgIpc) is 2.89. The Balaban J connectivity index is 1.57. The van der Waals surface area contributed by atoms with Crippen LogP contribution in [0, 0.1) is 5.82 Å². The molecule has 4 rings (SSSR count). The molecule has 208 valence electrons. The van der Waals surface area contributed by atoms with Crippen molar-refractivity contribution in [2.45, 2.75) is 24.5 Å². The SMILES string of the molecule is O=C(c1cc(O)[nH]c(=O)c1)N(Cc1ccc(F)cc1)Cc1cccc(CNS(=O)(=O)c2cc(Cl)cc(Cl)c2O)c1. The second-order valence-corrected chi connectivity index (χ2v) is 11.4. The number of carbonyl (C=O) groups is 1. The van der Waals surface area contributed by atoms with Gasteiger partial charge in [0.2, 0.25) is 10.0 Å². The van der Waals surface area contributed by atoms with Crippen molar-refractivity contribution in [1.82, 2.24) is 14.6 Å². The van der Waals surface area contributed by atoms with Crippen LogP contribution in [0.5, 0.6) is 11.6 Å². The second-order valence-electron chi connectivity index (χ2n) is 8.79. The Kier molecular flexibility index (Phi) is 8.79. The van der Waals surface area contributed by atoms with E-state index in [2.05, 4.69) is 9.71 Å². The lowest BCUT2D eigenvalue weighted by molar-refractivity contribution is 0.0729. The summed E-state index contributed by atoms with van der Waals surface area (Å²) in [6.45, 7) is -0.0685. The predicted molar refractivity (Wildman–Crippen MR) is 147 cm³/mol. The lowest BCUT2D eigenvalue weighted by atomic mass is 10.1. The minimum atomic E-state index is -4.19. The minimum Gasteiger partial charge on any atom is -0.505 e. The fraction of sp³-hybridized carbons (Fsp3) is 0.111. The number of carbonyl (C=O) groups excluding carboxylic acids is 1. The van der Waals surface area contributed by atoms with Crippen molar-refractivity contribution in [3.8, 4) is 11.6 Å². The average molecular weight is 606 g/mol. The van der Waals surface area contributed by atoms with Crippen molar-refractivity contribution >= 4 is 39.1 Å². The first-order valence-electron chi connectivity index (χ1n) is 11.6. The van der Waals surface area contributed by atoms with Gasteiger partial charge in [0.25, 0.3) is 11.5 Å². The first kappa shape index (κ1) is 29.1. The summed E-state index contributed by atoms with van der Waals surface area (Å²) in [6, 6.07) is 16.8. The number of nitrogens with zero attached hydrogens (tertiary/aromatic N) is 1. The van der Waals surface area contributed by atoms with Gasteiger partial charge in [0.05, 0.1) is 10.6 Å². The van der Waals surface area contributed by atoms with Crippen LogP contribution >= 0.6 is 23.2 Å². The molecular formula is C27H22Cl2FN3O6S. The smallest absolute Gasteiger partial charge is 0.254 e. The number of halogens is 3. The summed E-state index contributed by atoms with van der Waals surface area (Å²) in [7, 11) is -4.19. The van der Waals surface area contributed by atoms with Crippen LogP contribution in [-0.2, 0) is 29.7 Å². The van der Waals surface area contributed by atoms with Gasteiger partial charge in [0.15, 0.2) is 11.6 Å². The Morgan fingerprint density at radius 1 is 0.925 bits per heavy atom. The zero-order valence-electron chi connectivity index (χ0n) is 20.6. The van der Waals surface area contributed by atoms with Gasteiger partial charge in [0.1, 0.15) is 10.7 Å². The number of hydrogen-bond acceptors (Lipinski definition) is 6. The molecule has 0 bridgehead atoms. The molecule has 0 spiro atoms. The van der Waals surface area contributed by atoms with E-state index in [1.54, 1.807) is 24.3 Å². The maximum Gasteiger partial charge on any atom is 0.254 e. The number of phenols is 1. The number of sulfonamides is 1.